The van der Waals surface area contributed by atoms with E-state index in [1.165, 1.54) is 0 Å². The van der Waals surface area contributed by atoms with Crippen LogP contribution in [-0.4, -0.2) is 31.1 Å². The fraction of sp³-hybridized carbons (Fsp3) is 0.400. The monoisotopic (exact) mass is 234 g/mol. The molecule has 0 spiro atoms. The molecule has 2 N–H and O–H groups in total. The van der Waals surface area contributed by atoms with Crippen molar-refractivity contribution >= 4 is 5.91 Å². The van der Waals surface area contributed by atoms with Gasteiger partial charge in [0.25, 0.3) is 5.91 Å². The van der Waals surface area contributed by atoms with E-state index in [0.717, 1.165) is 5.69 Å². The Hall–Kier alpha value is -2.18. The van der Waals surface area contributed by atoms with Crippen molar-refractivity contribution in [2.24, 2.45) is 7.05 Å². The van der Waals surface area contributed by atoms with E-state index in [2.05, 4.69) is 25.9 Å². The SMILES string of the molecule is Cc1ccc(C(=O)NC(C)c2nn[nH]n2)n1C. The van der Waals surface area contributed by atoms with Crippen LogP contribution in [0.5, 0.6) is 0 Å². The number of nitrogens with zero attached hydrogens (tertiary/aromatic N) is 4. The summed E-state index contributed by atoms with van der Waals surface area (Å²) in [6.07, 6.45) is 0. The summed E-state index contributed by atoms with van der Waals surface area (Å²) in [4.78, 5) is 12.0. The number of hydrogen-bond donors (Lipinski definition) is 2. The number of aromatic amines is 1. The van der Waals surface area contributed by atoms with Gasteiger partial charge in [-0.05, 0) is 26.0 Å². The zero-order valence-electron chi connectivity index (χ0n) is 9.93. The zero-order valence-corrected chi connectivity index (χ0v) is 9.93. The minimum atomic E-state index is -0.281. The number of rotatable bonds is 3. The molecule has 7 nitrogen and oxygen atoms in total. The second-order valence-electron chi connectivity index (χ2n) is 3.88. The molecular weight excluding hydrogens is 220 g/mol. The molecule has 90 valence electrons. The molecule has 0 aliphatic heterocycles. The van der Waals surface area contributed by atoms with Crippen LogP contribution in [0.3, 0.4) is 0 Å². The second kappa shape index (κ2) is 4.36. The summed E-state index contributed by atoms with van der Waals surface area (Å²) >= 11 is 0. The normalized spacial score (nSPS) is 12.4. The van der Waals surface area contributed by atoms with E-state index in [-0.39, 0.29) is 11.9 Å². The van der Waals surface area contributed by atoms with Gasteiger partial charge in [0, 0.05) is 12.7 Å². The summed E-state index contributed by atoms with van der Waals surface area (Å²) in [5, 5.41) is 16.3. The molecule has 1 atom stereocenters. The van der Waals surface area contributed by atoms with Crippen molar-refractivity contribution in [3.8, 4) is 0 Å². The van der Waals surface area contributed by atoms with Crippen molar-refractivity contribution in [1.82, 2.24) is 30.5 Å². The summed E-state index contributed by atoms with van der Waals surface area (Å²) < 4.78 is 1.83. The number of aromatic nitrogens is 5. The third-order valence-electron chi connectivity index (χ3n) is 2.70. The largest absolute Gasteiger partial charge is 0.344 e. The Labute approximate surface area is 98.2 Å². The lowest BCUT2D eigenvalue weighted by Crippen LogP contribution is -2.29. The van der Waals surface area contributed by atoms with Gasteiger partial charge in [-0.3, -0.25) is 4.79 Å². The van der Waals surface area contributed by atoms with Crippen molar-refractivity contribution in [2.75, 3.05) is 0 Å². The maximum absolute atomic E-state index is 12.0. The maximum atomic E-state index is 12.0. The van der Waals surface area contributed by atoms with Crippen molar-refractivity contribution in [2.45, 2.75) is 19.9 Å². The number of aryl methyl sites for hydroxylation is 1. The summed E-state index contributed by atoms with van der Waals surface area (Å²) in [6, 6.07) is 3.40. The van der Waals surface area contributed by atoms with Gasteiger partial charge in [-0.2, -0.15) is 5.21 Å². The Bertz CT molecular complexity index is 515. The first-order valence-electron chi connectivity index (χ1n) is 5.26. The minimum Gasteiger partial charge on any atom is -0.344 e. The van der Waals surface area contributed by atoms with E-state index < -0.39 is 0 Å². The molecule has 0 saturated heterocycles. The summed E-state index contributed by atoms with van der Waals surface area (Å²) in [5.74, 6) is 0.308. The number of tetrazole rings is 1. The Morgan fingerprint density at radius 3 is 2.82 bits per heavy atom. The van der Waals surface area contributed by atoms with Crippen LogP contribution in [0.4, 0.5) is 0 Å². The van der Waals surface area contributed by atoms with E-state index in [1.54, 1.807) is 13.0 Å². The van der Waals surface area contributed by atoms with Crippen LogP contribution >= 0.6 is 0 Å². The van der Waals surface area contributed by atoms with Gasteiger partial charge in [0.1, 0.15) is 5.69 Å². The number of nitrogens with one attached hydrogen (secondary N) is 2. The molecule has 0 bridgehead atoms. The minimum absolute atomic E-state index is 0.155. The lowest BCUT2D eigenvalue weighted by atomic mass is 10.3. The van der Waals surface area contributed by atoms with E-state index in [1.807, 2.05) is 24.6 Å². The molecule has 0 fully saturated rings. The predicted octanol–water partition coefficient (Wildman–Crippen LogP) is 0.338. The highest BCUT2D eigenvalue weighted by Crippen LogP contribution is 2.09. The summed E-state index contributed by atoms with van der Waals surface area (Å²) in [7, 11) is 1.85. The van der Waals surface area contributed by atoms with Crippen LogP contribution in [0.15, 0.2) is 12.1 Å². The van der Waals surface area contributed by atoms with E-state index >= 15 is 0 Å². The smallest absolute Gasteiger partial charge is 0.268 e. The number of H-pyrrole nitrogens is 1. The first-order valence-corrected chi connectivity index (χ1v) is 5.26. The lowest BCUT2D eigenvalue weighted by Gasteiger charge is -2.10. The van der Waals surface area contributed by atoms with Crippen molar-refractivity contribution in [3.63, 3.8) is 0 Å². The summed E-state index contributed by atoms with van der Waals surface area (Å²) in [6.45, 7) is 3.75. The molecule has 2 rings (SSSR count). The molecular formula is C10H14N6O. The molecule has 17 heavy (non-hydrogen) atoms. The molecule has 0 aromatic carbocycles. The number of hydrogen-bond acceptors (Lipinski definition) is 4. The molecule has 0 radical (unpaired) electrons. The average Bonchev–Trinajstić information content (AvgIpc) is 2.90. The van der Waals surface area contributed by atoms with Gasteiger partial charge < -0.3 is 9.88 Å². The molecule has 7 heteroatoms. The molecule has 0 aliphatic carbocycles. The van der Waals surface area contributed by atoms with Gasteiger partial charge in [-0.1, -0.05) is 5.21 Å². The third-order valence-corrected chi connectivity index (χ3v) is 2.70. The number of amides is 1. The summed E-state index contributed by atoms with van der Waals surface area (Å²) in [5.41, 5.74) is 1.64. The van der Waals surface area contributed by atoms with E-state index in [9.17, 15) is 4.79 Å². The Morgan fingerprint density at radius 2 is 2.29 bits per heavy atom. The highest BCUT2D eigenvalue weighted by atomic mass is 16.2. The van der Waals surface area contributed by atoms with Crippen LogP contribution in [0.1, 0.15) is 35.0 Å². The van der Waals surface area contributed by atoms with Gasteiger partial charge in [-0.15, -0.1) is 10.2 Å². The Kier molecular flexibility index (Phi) is 2.90. The highest BCUT2D eigenvalue weighted by molar-refractivity contribution is 5.93. The van der Waals surface area contributed by atoms with Crippen LogP contribution in [-0.2, 0) is 7.05 Å². The van der Waals surface area contributed by atoms with Crippen molar-refractivity contribution in [3.05, 3.63) is 29.3 Å². The topological polar surface area (TPSA) is 88.5 Å². The van der Waals surface area contributed by atoms with Crippen molar-refractivity contribution in [1.29, 1.82) is 0 Å². The van der Waals surface area contributed by atoms with Crippen molar-refractivity contribution < 1.29 is 4.79 Å². The van der Waals surface area contributed by atoms with Gasteiger partial charge >= 0.3 is 0 Å². The highest BCUT2D eigenvalue weighted by Gasteiger charge is 2.16. The molecule has 2 aromatic rings. The fourth-order valence-corrected chi connectivity index (χ4v) is 1.53. The van der Waals surface area contributed by atoms with Gasteiger partial charge in [0.05, 0.1) is 6.04 Å². The number of carbonyl (C=O) groups is 1. The van der Waals surface area contributed by atoms with Gasteiger partial charge in [-0.25, -0.2) is 0 Å². The molecule has 2 heterocycles. The molecule has 1 amide bonds. The molecule has 2 aromatic heterocycles. The quantitative estimate of drug-likeness (QED) is 0.801. The van der Waals surface area contributed by atoms with Crippen LogP contribution in [0.2, 0.25) is 0 Å². The number of carbonyl (C=O) groups excluding carboxylic acids is 1. The first-order chi connectivity index (χ1) is 8.09. The van der Waals surface area contributed by atoms with Crippen LogP contribution < -0.4 is 5.32 Å². The molecule has 0 saturated carbocycles. The maximum Gasteiger partial charge on any atom is 0.268 e. The van der Waals surface area contributed by atoms with Gasteiger partial charge in [0.2, 0.25) is 0 Å². The Morgan fingerprint density at radius 1 is 1.53 bits per heavy atom. The predicted molar refractivity (Wildman–Crippen MR) is 60.2 cm³/mol. The standard InChI is InChI=1S/C10H14N6O/c1-6-4-5-8(16(6)3)10(17)11-7(2)9-12-14-15-13-9/h4-5,7H,1-3H3,(H,11,17)(H,12,13,14,15). The fourth-order valence-electron chi connectivity index (χ4n) is 1.53. The third kappa shape index (κ3) is 2.17. The lowest BCUT2D eigenvalue weighted by molar-refractivity contribution is 0.0930. The Balaban J connectivity index is 2.10. The second-order valence-corrected chi connectivity index (χ2v) is 3.88. The zero-order chi connectivity index (χ0) is 12.4. The van der Waals surface area contributed by atoms with E-state index in [0.29, 0.717) is 11.5 Å². The van der Waals surface area contributed by atoms with Gasteiger partial charge in [0.15, 0.2) is 5.82 Å². The van der Waals surface area contributed by atoms with Crippen LogP contribution in [0, 0.1) is 6.92 Å². The average molecular weight is 234 g/mol. The van der Waals surface area contributed by atoms with E-state index in [4.69, 9.17) is 0 Å². The van der Waals surface area contributed by atoms with Crippen LogP contribution in [0.25, 0.3) is 0 Å². The molecule has 1 unspecified atom stereocenters. The first kappa shape index (κ1) is 11.3. The molecule has 0 aliphatic rings.